The molecule has 7 nitrogen and oxygen atoms in total. The highest BCUT2D eigenvalue weighted by Crippen LogP contribution is 2.22. The maximum atomic E-state index is 13.0. The number of rotatable bonds is 6. The SMILES string of the molecule is CCCNC(=O)c1cccc(C(=O)N2CCCC2C(=O)Nc2nccs2)c1. The van der Waals surface area contributed by atoms with Gasteiger partial charge in [0.15, 0.2) is 5.13 Å². The van der Waals surface area contributed by atoms with Crippen molar-refractivity contribution in [3.8, 4) is 0 Å². The Labute approximate surface area is 161 Å². The van der Waals surface area contributed by atoms with Crippen LogP contribution < -0.4 is 10.6 Å². The Morgan fingerprint density at radius 3 is 2.85 bits per heavy atom. The Kier molecular flexibility index (Phi) is 6.18. The first kappa shape index (κ1) is 19.0. The molecule has 1 aliphatic rings. The van der Waals surface area contributed by atoms with Crippen molar-refractivity contribution in [2.45, 2.75) is 32.2 Å². The molecule has 142 valence electrons. The Morgan fingerprint density at radius 2 is 2.11 bits per heavy atom. The molecule has 1 atom stereocenters. The van der Waals surface area contributed by atoms with E-state index >= 15 is 0 Å². The molecule has 3 rings (SSSR count). The molecule has 2 N–H and O–H groups in total. The molecule has 2 heterocycles. The Hall–Kier alpha value is -2.74. The van der Waals surface area contributed by atoms with E-state index in [0.717, 1.165) is 12.8 Å². The van der Waals surface area contributed by atoms with Gasteiger partial charge in [0.2, 0.25) is 5.91 Å². The van der Waals surface area contributed by atoms with Gasteiger partial charge in [0, 0.05) is 35.8 Å². The van der Waals surface area contributed by atoms with Crippen molar-refractivity contribution in [3.05, 3.63) is 47.0 Å². The summed E-state index contributed by atoms with van der Waals surface area (Å²) in [5, 5.41) is 7.87. The van der Waals surface area contributed by atoms with Crippen LogP contribution in [0.5, 0.6) is 0 Å². The van der Waals surface area contributed by atoms with Crippen molar-refractivity contribution in [3.63, 3.8) is 0 Å². The second kappa shape index (κ2) is 8.77. The lowest BCUT2D eigenvalue weighted by Crippen LogP contribution is -2.43. The van der Waals surface area contributed by atoms with Crippen LogP contribution in [0.1, 0.15) is 46.9 Å². The van der Waals surface area contributed by atoms with E-state index in [9.17, 15) is 14.4 Å². The standard InChI is InChI=1S/C19H22N4O3S/c1-2-8-20-16(24)13-5-3-6-14(12-13)18(26)23-10-4-7-15(23)17(25)22-19-21-9-11-27-19/h3,5-6,9,11-12,15H,2,4,7-8,10H2,1H3,(H,20,24)(H,21,22,25). The van der Waals surface area contributed by atoms with Gasteiger partial charge in [-0.2, -0.15) is 0 Å². The van der Waals surface area contributed by atoms with Crippen LogP contribution in [0.4, 0.5) is 5.13 Å². The molecule has 0 saturated carbocycles. The zero-order chi connectivity index (χ0) is 19.2. The second-order valence-corrected chi connectivity index (χ2v) is 7.21. The number of likely N-dealkylation sites (tertiary alicyclic amines) is 1. The first-order valence-electron chi connectivity index (χ1n) is 8.99. The van der Waals surface area contributed by atoms with Crippen molar-refractivity contribution in [2.75, 3.05) is 18.4 Å². The Morgan fingerprint density at radius 1 is 1.30 bits per heavy atom. The molecule has 1 aromatic carbocycles. The van der Waals surface area contributed by atoms with Gasteiger partial charge in [-0.1, -0.05) is 13.0 Å². The van der Waals surface area contributed by atoms with Crippen LogP contribution in [0.25, 0.3) is 0 Å². The van der Waals surface area contributed by atoms with Gasteiger partial charge in [-0.25, -0.2) is 4.98 Å². The zero-order valence-electron chi connectivity index (χ0n) is 15.1. The molecule has 2 aromatic rings. The first-order chi connectivity index (χ1) is 13.1. The summed E-state index contributed by atoms with van der Waals surface area (Å²) in [4.78, 5) is 43.3. The van der Waals surface area contributed by atoms with Crippen LogP contribution in [0.2, 0.25) is 0 Å². The second-order valence-electron chi connectivity index (χ2n) is 6.32. The molecular weight excluding hydrogens is 364 g/mol. The summed E-state index contributed by atoms with van der Waals surface area (Å²) in [6.07, 6.45) is 3.83. The normalized spacial score (nSPS) is 16.2. The zero-order valence-corrected chi connectivity index (χ0v) is 15.9. The van der Waals surface area contributed by atoms with E-state index in [1.165, 1.54) is 11.3 Å². The molecule has 8 heteroatoms. The third kappa shape index (κ3) is 4.51. The number of amides is 3. The molecule has 1 fully saturated rings. The van der Waals surface area contributed by atoms with Gasteiger partial charge >= 0.3 is 0 Å². The first-order valence-corrected chi connectivity index (χ1v) is 9.87. The van der Waals surface area contributed by atoms with E-state index in [4.69, 9.17) is 0 Å². The molecule has 0 radical (unpaired) electrons. The number of nitrogens with zero attached hydrogens (tertiary/aromatic N) is 2. The number of thiazole rings is 1. The summed E-state index contributed by atoms with van der Waals surface area (Å²) in [5.41, 5.74) is 0.852. The predicted octanol–water partition coefficient (Wildman–Crippen LogP) is 2.53. The monoisotopic (exact) mass is 386 g/mol. The minimum absolute atomic E-state index is 0.203. The van der Waals surface area contributed by atoms with Crippen molar-refractivity contribution >= 4 is 34.2 Å². The summed E-state index contributed by atoms with van der Waals surface area (Å²) in [7, 11) is 0. The molecule has 1 unspecified atom stereocenters. The van der Waals surface area contributed by atoms with Crippen LogP contribution in [-0.4, -0.2) is 46.7 Å². The lowest BCUT2D eigenvalue weighted by Gasteiger charge is -2.23. The van der Waals surface area contributed by atoms with E-state index in [0.29, 0.717) is 35.8 Å². The van der Waals surface area contributed by atoms with Gasteiger partial charge in [-0.15, -0.1) is 11.3 Å². The molecular formula is C19H22N4O3S. The average molecular weight is 386 g/mol. The van der Waals surface area contributed by atoms with Crippen LogP contribution in [0.15, 0.2) is 35.8 Å². The molecule has 1 aliphatic heterocycles. The van der Waals surface area contributed by atoms with Gasteiger partial charge in [0.25, 0.3) is 11.8 Å². The maximum Gasteiger partial charge on any atom is 0.254 e. The average Bonchev–Trinajstić information content (AvgIpc) is 3.37. The number of benzene rings is 1. The number of nitrogens with one attached hydrogen (secondary N) is 2. The molecule has 3 amide bonds. The maximum absolute atomic E-state index is 13.0. The van der Waals surface area contributed by atoms with Crippen molar-refractivity contribution in [1.82, 2.24) is 15.2 Å². The number of aromatic nitrogens is 1. The number of carbonyl (C=O) groups excluding carboxylic acids is 3. The van der Waals surface area contributed by atoms with Crippen LogP contribution >= 0.6 is 11.3 Å². The van der Waals surface area contributed by atoms with Crippen LogP contribution in [0.3, 0.4) is 0 Å². The summed E-state index contributed by atoms with van der Waals surface area (Å²) >= 11 is 1.34. The molecule has 1 aromatic heterocycles. The third-order valence-electron chi connectivity index (χ3n) is 4.39. The lowest BCUT2D eigenvalue weighted by molar-refractivity contribution is -0.119. The fourth-order valence-corrected chi connectivity index (χ4v) is 3.59. The smallest absolute Gasteiger partial charge is 0.254 e. The van der Waals surface area contributed by atoms with E-state index in [1.54, 1.807) is 40.7 Å². The fourth-order valence-electron chi connectivity index (χ4n) is 3.06. The Balaban J connectivity index is 1.72. The number of anilines is 1. The molecule has 0 aliphatic carbocycles. The molecule has 27 heavy (non-hydrogen) atoms. The minimum atomic E-state index is -0.529. The highest BCUT2D eigenvalue weighted by molar-refractivity contribution is 7.13. The third-order valence-corrected chi connectivity index (χ3v) is 5.07. The minimum Gasteiger partial charge on any atom is -0.352 e. The summed E-state index contributed by atoms with van der Waals surface area (Å²) in [6.45, 7) is 3.08. The summed E-state index contributed by atoms with van der Waals surface area (Å²) in [6, 6.07) is 6.10. The van der Waals surface area contributed by atoms with Gasteiger partial charge in [-0.05, 0) is 37.5 Å². The summed E-state index contributed by atoms with van der Waals surface area (Å²) in [5.74, 6) is -0.671. The van der Waals surface area contributed by atoms with Crippen LogP contribution in [0, 0.1) is 0 Å². The predicted molar refractivity (Wildman–Crippen MR) is 104 cm³/mol. The van der Waals surface area contributed by atoms with Gasteiger partial charge in [0.1, 0.15) is 6.04 Å². The van der Waals surface area contributed by atoms with Gasteiger partial charge in [0.05, 0.1) is 0 Å². The number of hydrogen-bond donors (Lipinski definition) is 2. The van der Waals surface area contributed by atoms with Gasteiger partial charge < -0.3 is 15.5 Å². The van der Waals surface area contributed by atoms with E-state index in [1.807, 2.05) is 6.92 Å². The molecule has 1 saturated heterocycles. The van der Waals surface area contributed by atoms with Crippen molar-refractivity contribution in [1.29, 1.82) is 0 Å². The van der Waals surface area contributed by atoms with E-state index < -0.39 is 6.04 Å². The van der Waals surface area contributed by atoms with E-state index in [-0.39, 0.29) is 17.7 Å². The van der Waals surface area contributed by atoms with Gasteiger partial charge in [-0.3, -0.25) is 14.4 Å². The number of carbonyl (C=O) groups is 3. The Bertz CT molecular complexity index is 822. The highest BCUT2D eigenvalue weighted by Gasteiger charge is 2.35. The summed E-state index contributed by atoms with van der Waals surface area (Å²) < 4.78 is 0. The van der Waals surface area contributed by atoms with E-state index in [2.05, 4.69) is 15.6 Å². The van der Waals surface area contributed by atoms with Crippen LogP contribution in [-0.2, 0) is 4.79 Å². The highest BCUT2D eigenvalue weighted by atomic mass is 32.1. The van der Waals surface area contributed by atoms with Crippen molar-refractivity contribution < 1.29 is 14.4 Å². The molecule has 0 spiro atoms. The topological polar surface area (TPSA) is 91.4 Å². The lowest BCUT2D eigenvalue weighted by atomic mass is 10.1. The number of hydrogen-bond acceptors (Lipinski definition) is 5. The molecule has 0 bridgehead atoms. The van der Waals surface area contributed by atoms with Crippen molar-refractivity contribution in [2.24, 2.45) is 0 Å². The largest absolute Gasteiger partial charge is 0.352 e. The fraction of sp³-hybridized carbons (Fsp3) is 0.368. The quantitative estimate of drug-likeness (QED) is 0.798.